The highest BCUT2D eigenvalue weighted by molar-refractivity contribution is 5.81. The summed E-state index contributed by atoms with van der Waals surface area (Å²) in [5.74, 6) is 0.681. The van der Waals surface area contributed by atoms with E-state index in [-0.39, 0.29) is 24.2 Å². The van der Waals surface area contributed by atoms with Gasteiger partial charge in [-0.15, -0.1) is 0 Å². The Hall–Kier alpha value is -0.490. The summed E-state index contributed by atoms with van der Waals surface area (Å²) < 4.78 is 0. The van der Waals surface area contributed by atoms with Crippen LogP contribution in [0.1, 0.15) is 19.3 Å². The first-order valence-corrected chi connectivity index (χ1v) is 4.71. The van der Waals surface area contributed by atoms with Gasteiger partial charge in [-0.05, 0) is 18.3 Å². The molecule has 0 aromatic rings. The van der Waals surface area contributed by atoms with Crippen molar-refractivity contribution in [1.82, 2.24) is 0 Å². The largest absolute Gasteiger partial charge is 0.300 e. The predicted molar refractivity (Wildman–Crippen MR) is 47.4 cm³/mol. The highest BCUT2D eigenvalue weighted by Gasteiger charge is 2.32. The van der Waals surface area contributed by atoms with Gasteiger partial charge in [-0.2, -0.15) is 0 Å². The fraction of sp³-hybridized carbons (Fsp3) is 0.889. The minimum absolute atomic E-state index is 0.192. The molecule has 0 radical (unpaired) electrons. The Morgan fingerprint density at radius 1 is 1.43 bits per heavy atom. The van der Waals surface area contributed by atoms with Crippen LogP contribution in [0.4, 0.5) is 0 Å². The molecule has 1 aliphatic carbocycles. The van der Waals surface area contributed by atoms with Gasteiger partial charge in [0.15, 0.2) is 0 Å². The van der Waals surface area contributed by atoms with E-state index in [9.17, 15) is 4.79 Å². The van der Waals surface area contributed by atoms with E-state index < -0.39 is 0 Å². The van der Waals surface area contributed by atoms with Crippen LogP contribution in [0.25, 0.3) is 0 Å². The third kappa shape index (κ3) is 3.34. The van der Waals surface area contributed by atoms with Gasteiger partial charge in [0.1, 0.15) is 5.78 Å². The number of hydrogen-bond acceptors (Lipinski definition) is 5. The third-order valence-electron chi connectivity index (χ3n) is 2.63. The number of hydrogen-bond donors (Lipinski definition) is 1. The molecule has 0 aromatic heterocycles. The van der Waals surface area contributed by atoms with E-state index in [1.54, 1.807) is 0 Å². The Balaban J connectivity index is 2.33. The van der Waals surface area contributed by atoms with Gasteiger partial charge in [-0.3, -0.25) is 10.1 Å². The first-order chi connectivity index (χ1) is 6.77. The Kier molecular flexibility index (Phi) is 5.03. The monoisotopic (exact) mass is 204 g/mol. The molecule has 2 unspecified atom stereocenters. The molecule has 2 atom stereocenters. The summed E-state index contributed by atoms with van der Waals surface area (Å²) in [4.78, 5) is 24.5. The van der Waals surface area contributed by atoms with E-state index in [1.807, 2.05) is 0 Å². The summed E-state index contributed by atoms with van der Waals surface area (Å²) in [5, 5.41) is 8.21. The van der Waals surface area contributed by atoms with E-state index in [0.717, 1.165) is 0 Å². The lowest BCUT2D eigenvalue weighted by molar-refractivity contribution is -0.282. The van der Waals surface area contributed by atoms with E-state index in [1.165, 1.54) is 7.11 Å². The van der Waals surface area contributed by atoms with E-state index in [2.05, 4.69) is 9.78 Å². The molecule has 5 nitrogen and oxygen atoms in total. The van der Waals surface area contributed by atoms with Crippen LogP contribution in [0, 0.1) is 11.8 Å². The lowest BCUT2D eigenvalue weighted by atomic mass is 9.94. The molecule has 1 saturated carbocycles. The first-order valence-electron chi connectivity index (χ1n) is 4.71. The summed E-state index contributed by atoms with van der Waals surface area (Å²) in [6, 6.07) is 0. The number of carbonyl (C=O) groups excluding carboxylic acids is 1. The van der Waals surface area contributed by atoms with Crippen molar-refractivity contribution in [3.05, 3.63) is 0 Å². The van der Waals surface area contributed by atoms with Gasteiger partial charge in [0, 0.05) is 12.8 Å². The summed E-state index contributed by atoms with van der Waals surface area (Å²) in [7, 11) is 1.45. The Labute approximate surface area is 82.8 Å². The third-order valence-corrected chi connectivity index (χ3v) is 2.63. The van der Waals surface area contributed by atoms with Gasteiger partial charge in [0.25, 0.3) is 0 Å². The zero-order valence-corrected chi connectivity index (χ0v) is 8.27. The Bertz CT molecular complexity index is 164. The molecule has 0 saturated heterocycles. The summed E-state index contributed by atoms with van der Waals surface area (Å²) in [6.45, 7) is 0.694. The van der Waals surface area contributed by atoms with Gasteiger partial charge < -0.3 is 0 Å². The van der Waals surface area contributed by atoms with Crippen LogP contribution in [0.2, 0.25) is 0 Å². The van der Waals surface area contributed by atoms with Crippen molar-refractivity contribution in [2.75, 3.05) is 20.3 Å². The molecule has 1 aliphatic rings. The molecule has 0 bridgehead atoms. The van der Waals surface area contributed by atoms with Crippen molar-refractivity contribution in [1.29, 1.82) is 0 Å². The zero-order valence-electron chi connectivity index (χ0n) is 8.27. The van der Waals surface area contributed by atoms with Crippen molar-refractivity contribution in [3.8, 4) is 0 Å². The first kappa shape index (κ1) is 11.6. The molecule has 0 heterocycles. The Morgan fingerprint density at radius 2 is 2.14 bits per heavy atom. The van der Waals surface area contributed by atoms with Crippen LogP contribution in [0.3, 0.4) is 0 Å². The molecule has 0 aromatic carbocycles. The second-order valence-electron chi connectivity index (χ2n) is 3.54. The molecular formula is C9H16O5. The van der Waals surface area contributed by atoms with Gasteiger partial charge in [0.2, 0.25) is 0 Å². The molecule has 82 valence electrons. The van der Waals surface area contributed by atoms with Gasteiger partial charge >= 0.3 is 0 Å². The van der Waals surface area contributed by atoms with E-state index in [0.29, 0.717) is 25.9 Å². The molecule has 1 rings (SSSR count). The molecule has 5 heteroatoms. The van der Waals surface area contributed by atoms with Crippen LogP contribution in [0.5, 0.6) is 0 Å². The van der Waals surface area contributed by atoms with Crippen molar-refractivity contribution >= 4 is 5.78 Å². The minimum atomic E-state index is 0.192. The maximum Gasteiger partial charge on any atom is 0.133 e. The normalized spacial score (nSPS) is 27.1. The molecule has 0 spiro atoms. The van der Waals surface area contributed by atoms with Crippen molar-refractivity contribution < 1.29 is 24.7 Å². The fourth-order valence-electron chi connectivity index (χ4n) is 1.89. The Morgan fingerprint density at radius 3 is 2.79 bits per heavy atom. The zero-order chi connectivity index (χ0) is 10.4. The summed E-state index contributed by atoms with van der Waals surface area (Å²) in [6.07, 6.45) is 1.78. The lowest BCUT2D eigenvalue weighted by Gasteiger charge is -2.16. The number of carbonyl (C=O) groups is 1. The van der Waals surface area contributed by atoms with Crippen LogP contribution in [-0.2, 0) is 19.5 Å². The van der Waals surface area contributed by atoms with Gasteiger partial charge in [-0.25, -0.2) is 14.7 Å². The average Bonchev–Trinajstić information content (AvgIpc) is 2.52. The van der Waals surface area contributed by atoms with E-state index >= 15 is 0 Å². The predicted octanol–water partition coefficient (Wildman–Crippen LogP) is 1.04. The van der Waals surface area contributed by atoms with E-state index in [4.69, 9.17) is 10.1 Å². The molecule has 0 amide bonds. The molecule has 14 heavy (non-hydrogen) atoms. The molecule has 1 fully saturated rings. The van der Waals surface area contributed by atoms with Crippen LogP contribution >= 0.6 is 0 Å². The van der Waals surface area contributed by atoms with Crippen molar-refractivity contribution in [2.24, 2.45) is 11.8 Å². The average molecular weight is 204 g/mol. The second kappa shape index (κ2) is 6.08. The van der Waals surface area contributed by atoms with Crippen LogP contribution < -0.4 is 0 Å². The number of rotatable bonds is 6. The SMILES string of the molecule is COOCC1CC(=O)CC1CCOO. The molecule has 0 aliphatic heterocycles. The topological polar surface area (TPSA) is 65.0 Å². The highest BCUT2D eigenvalue weighted by atomic mass is 17.2. The van der Waals surface area contributed by atoms with Crippen LogP contribution in [0.15, 0.2) is 0 Å². The van der Waals surface area contributed by atoms with Gasteiger partial charge in [0.05, 0.1) is 20.3 Å². The quantitative estimate of drug-likeness (QED) is 0.517. The second-order valence-corrected chi connectivity index (χ2v) is 3.54. The molecular weight excluding hydrogens is 188 g/mol. The number of Topliss-reactive ketones (excluding diaryl/α,β-unsaturated/α-hetero) is 1. The lowest BCUT2D eigenvalue weighted by Crippen LogP contribution is -2.16. The fourth-order valence-corrected chi connectivity index (χ4v) is 1.89. The maximum absolute atomic E-state index is 11.2. The van der Waals surface area contributed by atoms with Gasteiger partial charge in [-0.1, -0.05) is 0 Å². The smallest absolute Gasteiger partial charge is 0.133 e. The summed E-state index contributed by atoms with van der Waals surface area (Å²) >= 11 is 0. The molecule has 1 N–H and O–H groups in total. The maximum atomic E-state index is 11.2. The minimum Gasteiger partial charge on any atom is -0.300 e. The van der Waals surface area contributed by atoms with Crippen molar-refractivity contribution in [2.45, 2.75) is 19.3 Å². The highest BCUT2D eigenvalue weighted by Crippen LogP contribution is 2.31. The van der Waals surface area contributed by atoms with Crippen molar-refractivity contribution in [3.63, 3.8) is 0 Å². The number of ketones is 1. The van der Waals surface area contributed by atoms with Crippen LogP contribution in [-0.4, -0.2) is 31.4 Å². The standard InChI is InChI=1S/C9H16O5/c1-12-14-6-8-5-9(10)4-7(8)2-3-13-11/h7-8,11H,2-6H2,1H3. The summed E-state index contributed by atoms with van der Waals surface area (Å²) in [5.41, 5.74) is 0.